The highest BCUT2D eigenvalue weighted by Crippen LogP contribution is 2.10. The van der Waals surface area contributed by atoms with E-state index in [0.29, 0.717) is 11.8 Å². The van der Waals surface area contributed by atoms with Crippen molar-refractivity contribution in [2.45, 2.75) is 6.92 Å². The molecule has 0 atom stereocenters. The molecule has 1 aromatic heterocycles. The molecule has 0 bridgehead atoms. The molecule has 0 saturated carbocycles. The SMILES string of the molecule is CC(/C=N/O)=N\Nc1ncc(F)cc1F. The minimum atomic E-state index is -0.854. The van der Waals surface area contributed by atoms with Gasteiger partial charge in [-0.05, 0) is 6.92 Å². The van der Waals surface area contributed by atoms with Gasteiger partial charge >= 0.3 is 0 Å². The minimum absolute atomic E-state index is 0.206. The number of halogens is 2. The molecule has 5 nitrogen and oxygen atoms in total. The van der Waals surface area contributed by atoms with E-state index in [-0.39, 0.29) is 5.82 Å². The van der Waals surface area contributed by atoms with Crippen LogP contribution in [0.2, 0.25) is 0 Å². The fourth-order valence-electron chi connectivity index (χ4n) is 0.750. The summed E-state index contributed by atoms with van der Waals surface area (Å²) in [5.41, 5.74) is 2.57. The first-order chi connectivity index (χ1) is 7.13. The fourth-order valence-corrected chi connectivity index (χ4v) is 0.750. The van der Waals surface area contributed by atoms with Crippen LogP contribution < -0.4 is 5.43 Å². The van der Waals surface area contributed by atoms with Crippen LogP contribution in [0.4, 0.5) is 14.6 Å². The normalized spacial score (nSPS) is 12.1. The smallest absolute Gasteiger partial charge is 0.182 e. The summed E-state index contributed by atoms with van der Waals surface area (Å²) in [4.78, 5) is 3.43. The van der Waals surface area contributed by atoms with E-state index in [1.165, 1.54) is 6.92 Å². The molecule has 0 saturated heterocycles. The average molecular weight is 214 g/mol. The Hall–Kier alpha value is -2.05. The summed E-state index contributed by atoms with van der Waals surface area (Å²) in [5, 5.41) is 14.5. The van der Waals surface area contributed by atoms with Gasteiger partial charge in [0, 0.05) is 6.07 Å². The molecule has 0 aliphatic heterocycles. The number of hydrogen-bond donors (Lipinski definition) is 2. The van der Waals surface area contributed by atoms with Crippen molar-refractivity contribution >= 4 is 17.7 Å². The lowest BCUT2D eigenvalue weighted by molar-refractivity contribution is 0.322. The van der Waals surface area contributed by atoms with Crippen LogP contribution in [0.3, 0.4) is 0 Å². The van der Waals surface area contributed by atoms with Gasteiger partial charge in [0.1, 0.15) is 5.82 Å². The lowest BCUT2D eigenvalue weighted by atomic mass is 10.4. The lowest BCUT2D eigenvalue weighted by Gasteiger charge is -2.00. The first-order valence-corrected chi connectivity index (χ1v) is 3.92. The molecule has 0 spiro atoms. The zero-order valence-corrected chi connectivity index (χ0v) is 7.78. The largest absolute Gasteiger partial charge is 0.411 e. The van der Waals surface area contributed by atoms with Crippen molar-refractivity contribution in [3.8, 4) is 0 Å². The Kier molecular flexibility index (Phi) is 3.67. The Morgan fingerprint density at radius 1 is 1.60 bits per heavy atom. The molecule has 1 heterocycles. The highest BCUT2D eigenvalue weighted by Gasteiger charge is 2.03. The van der Waals surface area contributed by atoms with Crippen LogP contribution in [0.5, 0.6) is 0 Å². The molecule has 0 amide bonds. The third-order valence-corrected chi connectivity index (χ3v) is 1.39. The van der Waals surface area contributed by atoms with Gasteiger partial charge < -0.3 is 5.21 Å². The summed E-state index contributed by atoms with van der Waals surface area (Å²) in [5.74, 6) is -1.83. The number of oxime groups is 1. The van der Waals surface area contributed by atoms with E-state index in [1.54, 1.807) is 0 Å². The Bertz CT molecular complexity index is 406. The lowest BCUT2D eigenvalue weighted by Crippen LogP contribution is -2.02. The van der Waals surface area contributed by atoms with Gasteiger partial charge in [0.05, 0.1) is 18.1 Å². The van der Waals surface area contributed by atoms with E-state index in [9.17, 15) is 8.78 Å². The zero-order valence-electron chi connectivity index (χ0n) is 7.78. The molecular formula is C8H8F2N4O. The van der Waals surface area contributed by atoms with Gasteiger partial charge in [-0.1, -0.05) is 5.16 Å². The minimum Gasteiger partial charge on any atom is -0.411 e. The first-order valence-electron chi connectivity index (χ1n) is 3.92. The second-order valence-electron chi connectivity index (χ2n) is 2.59. The summed E-state index contributed by atoms with van der Waals surface area (Å²) in [7, 11) is 0. The topological polar surface area (TPSA) is 69.9 Å². The second kappa shape index (κ2) is 4.99. The predicted octanol–water partition coefficient (Wildman–Crippen LogP) is 1.61. The van der Waals surface area contributed by atoms with Crippen molar-refractivity contribution in [3.63, 3.8) is 0 Å². The van der Waals surface area contributed by atoms with Gasteiger partial charge in [-0.25, -0.2) is 13.8 Å². The van der Waals surface area contributed by atoms with Gasteiger partial charge in [0.25, 0.3) is 0 Å². The predicted molar refractivity (Wildman–Crippen MR) is 51.2 cm³/mol. The summed E-state index contributed by atoms with van der Waals surface area (Å²) >= 11 is 0. The van der Waals surface area contributed by atoms with E-state index in [0.717, 1.165) is 12.4 Å². The van der Waals surface area contributed by atoms with Crippen molar-refractivity contribution in [2.75, 3.05) is 5.43 Å². The zero-order chi connectivity index (χ0) is 11.3. The molecule has 0 unspecified atom stereocenters. The summed E-state index contributed by atoms with van der Waals surface area (Å²) in [6.07, 6.45) is 1.91. The van der Waals surface area contributed by atoms with Crippen LogP contribution in [0, 0.1) is 11.6 Å². The second-order valence-corrected chi connectivity index (χ2v) is 2.59. The van der Waals surface area contributed by atoms with Gasteiger partial charge in [-0.15, -0.1) is 0 Å². The Balaban J connectivity index is 2.77. The molecule has 15 heavy (non-hydrogen) atoms. The van der Waals surface area contributed by atoms with E-state index in [4.69, 9.17) is 5.21 Å². The van der Waals surface area contributed by atoms with Crippen molar-refractivity contribution in [1.82, 2.24) is 4.98 Å². The monoisotopic (exact) mass is 214 g/mol. The van der Waals surface area contributed by atoms with E-state index in [2.05, 4.69) is 20.7 Å². The average Bonchev–Trinajstić information content (AvgIpc) is 2.17. The van der Waals surface area contributed by atoms with Gasteiger partial charge in [-0.2, -0.15) is 5.10 Å². The highest BCUT2D eigenvalue weighted by molar-refractivity contribution is 6.29. The number of pyridine rings is 1. The summed E-state index contributed by atoms with van der Waals surface area (Å²) in [6, 6.07) is 0.681. The maximum atomic E-state index is 13.0. The third-order valence-electron chi connectivity index (χ3n) is 1.39. The number of rotatable bonds is 3. The van der Waals surface area contributed by atoms with Crippen LogP contribution in [-0.2, 0) is 0 Å². The fraction of sp³-hybridized carbons (Fsp3) is 0.125. The maximum absolute atomic E-state index is 13.0. The molecular weight excluding hydrogens is 206 g/mol. The number of nitrogens with zero attached hydrogens (tertiary/aromatic N) is 3. The third kappa shape index (κ3) is 3.29. The maximum Gasteiger partial charge on any atom is 0.182 e. The Morgan fingerprint density at radius 2 is 2.33 bits per heavy atom. The summed E-state index contributed by atoms with van der Waals surface area (Å²) in [6.45, 7) is 1.52. The molecule has 80 valence electrons. The van der Waals surface area contributed by atoms with E-state index in [1.807, 2.05) is 0 Å². The first kappa shape index (κ1) is 11.0. The van der Waals surface area contributed by atoms with E-state index < -0.39 is 11.6 Å². The van der Waals surface area contributed by atoms with Gasteiger partial charge in [-0.3, -0.25) is 5.43 Å². The number of nitrogens with one attached hydrogen (secondary N) is 1. The van der Waals surface area contributed by atoms with Crippen LogP contribution >= 0.6 is 0 Å². The highest BCUT2D eigenvalue weighted by atomic mass is 19.1. The Morgan fingerprint density at radius 3 is 2.93 bits per heavy atom. The molecule has 7 heteroatoms. The molecule has 2 N–H and O–H groups in total. The van der Waals surface area contributed by atoms with Crippen LogP contribution in [-0.4, -0.2) is 22.1 Å². The van der Waals surface area contributed by atoms with Gasteiger partial charge in [0.15, 0.2) is 11.6 Å². The van der Waals surface area contributed by atoms with E-state index >= 15 is 0 Å². The van der Waals surface area contributed by atoms with Crippen molar-refractivity contribution in [2.24, 2.45) is 10.3 Å². The van der Waals surface area contributed by atoms with Crippen LogP contribution in [0.1, 0.15) is 6.92 Å². The molecule has 0 radical (unpaired) electrons. The number of anilines is 1. The van der Waals surface area contributed by atoms with Crippen molar-refractivity contribution in [1.29, 1.82) is 0 Å². The molecule has 1 rings (SSSR count). The molecule has 0 aliphatic rings. The summed E-state index contributed by atoms with van der Waals surface area (Å²) < 4.78 is 25.4. The quantitative estimate of drug-likeness (QED) is 0.456. The molecule has 0 aromatic carbocycles. The Labute approximate surface area is 84.1 Å². The number of hydrazone groups is 1. The van der Waals surface area contributed by atoms with Crippen LogP contribution in [0.25, 0.3) is 0 Å². The van der Waals surface area contributed by atoms with Crippen molar-refractivity contribution in [3.05, 3.63) is 23.9 Å². The van der Waals surface area contributed by atoms with Crippen LogP contribution in [0.15, 0.2) is 22.5 Å². The standard InChI is InChI=1S/C8H8F2N4O/c1-5(3-12-15)13-14-8-7(10)2-6(9)4-11-8/h2-4,15H,1H3,(H,11,14)/b12-3+,13-5+. The number of hydrogen-bond acceptors (Lipinski definition) is 5. The molecule has 1 aromatic rings. The number of aromatic nitrogens is 1. The molecule has 0 fully saturated rings. The molecule has 0 aliphatic carbocycles. The van der Waals surface area contributed by atoms with Crippen molar-refractivity contribution < 1.29 is 14.0 Å². The van der Waals surface area contributed by atoms with Gasteiger partial charge in [0.2, 0.25) is 0 Å².